The molecule has 0 spiro atoms. The summed E-state index contributed by atoms with van der Waals surface area (Å²) >= 11 is 3.50. The van der Waals surface area contributed by atoms with E-state index in [4.69, 9.17) is 0 Å². The second-order valence-corrected chi connectivity index (χ2v) is 7.75. The molecule has 1 aliphatic rings. The molecule has 3 rings (SSSR count). The molecule has 1 aliphatic carbocycles. The summed E-state index contributed by atoms with van der Waals surface area (Å²) in [4.78, 5) is 14.8. The maximum atomic E-state index is 12.7. The zero-order valence-electron chi connectivity index (χ0n) is 14.2. The molecule has 0 saturated heterocycles. The Labute approximate surface area is 152 Å². The fraction of sp³-hybridized carbons (Fsp3) is 0.350. The molecule has 3 nitrogen and oxygen atoms in total. The van der Waals surface area contributed by atoms with Gasteiger partial charge in [-0.3, -0.25) is 4.79 Å². The van der Waals surface area contributed by atoms with E-state index in [0.29, 0.717) is 6.54 Å². The van der Waals surface area contributed by atoms with Gasteiger partial charge in [0.1, 0.15) is 0 Å². The van der Waals surface area contributed by atoms with Crippen molar-refractivity contribution in [2.75, 3.05) is 14.1 Å². The number of carbonyl (C=O) groups excluding carboxylic acids is 1. The van der Waals surface area contributed by atoms with E-state index in [-0.39, 0.29) is 11.3 Å². The molecule has 0 unspecified atom stereocenters. The van der Waals surface area contributed by atoms with Crippen LogP contribution in [0.4, 0.5) is 0 Å². The summed E-state index contributed by atoms with van der Waals surface area (Å²) in [7, 11) is 4.12. The number of hydrogen-bond acceptors (Lipinski definition) is 2. The summed E-state index contributed by atoms with van der Waals surface area (Å²) in [6.45, 7) is 1.51. The molecule has 0 atom stereocenters. The van der Waals surface area contributed by atoms with Crippen molar-refractivity contribution in [2.24, 2.45) is 0 Å². The lowest BCUT2D eigenvalue weighted by atomic mass is 9.95. The average molecular weight is 387 g/mol. The first kappa shape index (κ1) is 17.2. The predicted molar refractivity (Wildman–Crippen MR) is 101 cm³/mol. The number of rotatable bonds is 6. The van der Waals surface area contributed by atoms with Crippen molar-refractivity contribution in [2.45, 2.75) is 31.3 Å². The molecule has 1 N–H and O–H groups in total. The van der Waals surface area contributed by atoms with Crippen molar-refractivity contribution in [3.8, 4) is 0 Å². The highest BCUT2D eigenvalue weighted by atomic mass is 79.9. The van der Waals surface area contributed by atoms with Gasteiger partial charge in [-0.2, -0.15) is 0 Å². The molecule has 0 aliphatic heterocycles. The Hall–Kier alpha value is -1.65. The summed E-state index contributed by atoms with van der Waals surface area (Å²) in [5.74, 6) is 0.137. The van der Waals surface area contributed by atoms with Crippen molar-refractivity contribution in [1.82, 2.24) is 10.2 Å². The van der Waals surface area contributed by atoms with Crippen LogP contribution in [0, 0.1) is 0 Å². The van der Waals surface area contributed by atoms with Gasteiger partial charge in [-0.05, 0) is 55.8 Å². The standard InChI is InChI=1S/C20H23BrN2O/c1-23(2)14-16-8-6-15(7-9-16)13-22-19(24)20(10-11-20)17-4-3-5-18(21)12-17/h3-9,12H,10-11,13-14H2,1-2H3,(H,22,24). The first-order valence-electron chi connectivity index (χ1n) is 8.26. The van der Waals surface area contributed by atoms with Crippen LogP contribution in [-0.2, 0) is 23.3 Å². The van der Waals surface area contributed by atoms with Gasteiger partial charge in [0.2, 0.25) is 5.91 Å². The van der Waals surface area contributed by atoms with Gasteiger partial charge >= 0.3 is 0 Å². The average Bonchev–Trinajstić information content (AvgIpc) is 3.35. The zero-order chi connectivity index (χ0) is 17.2. The SMILES string of the molecule is CN(C)Cc1ccc(CNC(=O)C2(c3cccc(Br)c3)CC2)cc1. The Morgan fingerprint density at radius 3 is 2.38 bits per heavy atom. The van der Waals surface area contributed by atoms with Crippen LogP contribution >= 0.6 is 15.9 Å². The number of benzene rings is 2. The molecule has 2 aromatic rings. The summed E-state index contributed by atoms with van der Waals surface area (Å²) in [5.41, 5.74) is 3.20. The first-order chi connectivity index (χ1) is 11.5. The normalized spacial score (nSPS) is 15.3. The van der Waals surface area contributed by atoms with Crippen molar-refractivity contribution in [3.63, 3.8) is 0 Å². The predicted octanol–water partition coefficient (Wildman–Crippen LogP) is 3.86. The molecule has 126 valence electrons. The van der Waals surface area contributed by atoms with Gasteiger partial charge in [0, 0.05) is 17.6 Å². The van der Waals surface area contributed by atoms with Gasteiger partial charge in [-0.1, -0.05) is 52.3 Å². The molecule has 0 aromatic heterocycles. The molecule has 1 saturated carbocycles. The van der Waals surface area contributed by atoms with Crippen LogP contribution in [0.2, 0.25) is 0 Å². The number of halogens is 1. The van der Waals surface area contributed by atoms with Crippen LogP contribution in [0.15, 0.2) is 53.0 Å². The molecular formula is C20H23BrN2O. The lowest BCUT2D eigenvalue weighted by Gasteiger charge is -2.16. The summed E-state index contributed by atoms with van der Waals surface area (Å²) in [5, 5.41) is 3.12. The minimum atomic E-state index is -0.325. The molecule has 24 heavy (non-hydrogen) atoms. The fourth-order valence-corrected chi connectivity index (χ4v) is 3.44. The largest absolute Gasteiger partial charge is 0.351 e. The second kappa shape index (κ2) is 7.08. The highest BCUT2D eigenvalue weighted by Gasteiger charge is 2.51. The number of nitrogens with zero attached hydrogens (tertiary/aromatic N) is 1. The van der Waals surface area contributed by atoms with E-state index in [1.54, 1.807) is 0 Å². The fourth-order valence-electron chi connectivity index (χ4n) is 3.04. The van der Waals surface area contributed by atoms with E-state index in [0.717, 1.165) is 35.0 Å². The van der Waals surface area contributed by atoms with Gasteiger partial charge < -0.3 is 10.2 Å². The maximum absolute atomic E-state index is 12.7. The third kappa shape index (κ3) is 3.87. The van der Waals surface area contributed by atoms with E-state index in [9.17, 15) is 4.79 Å². The van der Waals surface area contributed by atoms with Crippen LogP contribution in [0.5, 0.6) is 0 Å². The Bertz CT molecular complexity index is 721. The molecular weight excluding hydrogens is 364 g/mol. The van der Waals surface area contributed by atoms with Crippen molar-refractivity contribution in [1.29, 1.82) is 0 Å². The van der Waals surface area contributed by atoms with E-state index in [1.807, 2.05) is 18.2 Å². The van der Waals surface area contributed by atoms with E-state index >= 15 is 0 Å². The Morgan fingerprint density at radius 2 is 1.79 bits per heavy atom. The van der Waals surface area contributed by atoms with E-state index in [2.05, 4.69) is 70.6 Å². The van der Waals surface area contributed by atoms with Crippen molar-refractivity contribution in [3.05, 3.63) is 69.7 Å². The zero-order valence-corrected chi connectivity index (χ0v) is 15.8. The van der Waals surface area contributed by atoms with E-state index in [1.165, 1.54) is 5.56 Å². The van der Waals surface area contributed by atoms with Gasteiger partial charge in [0.05, 0.1) is 5.41 Å². The topological polar surface area (TPSA) is 32.3 Å². The van der Waals surface area contributed by atoms with Crippen LogP contribution in [0.3, 0.4) is 0 Å². The van der Waals surface area contributed by atoms with Crippen molar-refractivity contribution < 1.29 is 4.79 Å². The summed E-state index contributed by atoms with van der Waals surface area (Å²) < 4.78 is 1.02. The second-order valence-electron chi connectivity index (χ2n) is 6.83. The van der Waals surface area contributed by atoms with Crippen LogP contribution < -0.4 is 5.32 Å². The molecule has 0 radical (unpaired) electrons. The number of carbonyl (C=O) groups is 1. The molecule has 1 amide bonds. The van der Waals surface area contributed by atoms with Crippen LogP contribution in [-0.4, -0.2) is 24.9 Å². The van der Waals surface area contributed by atoms with Gasteiger partial charge in [-0.25, -0.2) is 0 Å². The highest BCUT2D eigenvalue weighted by molar-refractivity contribution is 9.10. The summed E-state index contributed by atoms with van der Waals surface area (Å²) in [6, 6.07) is 16.5. The minimum absolute atomic E-state index is 0.137. The number of nitrogens with one attached hydrogen (secondary N) is 1. The third-order valence-corrected chi connectivity index (χ3v) is 5.03. The van der Waals surface area contributed by atoms with Crippen LogP contribution in [0.25, 0.3) is 0 Å². The number of amides is 1. The quantitative estimate of drug-likeness (QED) is 0.817. The highest BCUT2D eigenvalue weighted by Crippen LogP contribution is 2.48. The number of hydrogen-bond donors (Lipinski definition) is 1. The molecule has 4 heteroatoms. The third-order valence-electron chi connectivity index (χ3n) is 4.54. The lowest BCUT2D eigenvalue weighted by molar-refractivity contribution is -0.123. The Balaban J connectivity index is 1.61. The van der Waals surface area contributed by atoms with Crippen LogP contribution in [0.1, 0.15) is 29.5 Å². The monoisotopic (exact) mass is 386 g/mol. The Morgan fingerprint density at radius 1 is 1.12 bits per heavy atom. The molecule has 0 heterocycles. The van der Waals surface area contributed by atoms with Gasteiger partial charge in [0.25, 0.3) is 0 Å². The first-order valence-corrected chi connectivity index (χ1v) is 9.06. The van der Waals surface area contributed by atoms with Gasteiger partial charge in [0.15, 0.2) is 0 Å². The smallest absolute Gasteiger partial charge is 0.230 e. The lowest BCUT2D eigenvalue weighted by Crippen LogP contribution is -2.34. The molecule has 1 fully saturated rings. The Kier molecular flexibility index (Phi) is 5.07. The van der Waals surface area contributed by atoms with E-state index < -0.39 is 0 Å². The maximum Gasteiger partial charge on any atom is 0.230 e. The van der Waals surface area contributed by atoms with Gasteiger partial charge in [-0.15, -0.1) is 0 Å². The molecule has 0 bridgehead atoms. The van der Waals surface area contributed by atoms with Crippen molar-refractivity contribution >= 4 is 21.8 Å². The summed E-state index contributed by atoms with van der Waals surface area (Å²) in [6.07, 6.45) is 1.86. The molecule has 2 aromatic carbocycles. The minimum Gasteiger partial charge on any atom is -0.351 e.